The predicted molar refractivity (Wildman–Crippen MR) is 100 cm³/mol. The highest BCUT2D eigenvalue weighted by Gasteiger charge is 2.09. The second kappa shape index (κ2) is 7.68. The highest BCUT2D eigenvalue weighted by atomic mass is 79.9. The first-order chi connectivity index (χ1) is 12.0. The van der Waals surface area contributed by atoms with Gasteiger partial charge in [-0.05, 0) is 76.6 Å². The first-order valence-electron chi connectivity index (χ1n) is 7.31. The summed E-state index contributed by atoms with van der Waals surface area (Å²) in [5, 5.41) is 3.29. The van der Waals surface area contributed by atoms with Crippen molar-refractivity contribution >= 4 is 39.1 Å². The Labute approximate surface area is 157 Å². The average Bonchev–Trinajstić information content (AvgIpc) is 2.59. The first-order valence-corrected chi connectivity index (χ1v) is 8.48. The Hall–Kier alpha value is -2.37. The molecule has 0 aromatic heterocycles. The van der Waals surface area contributed by atoms with Gasteiger partial charge < -0.3 is 10.1 Å². The molecule has 3 rings (SSSR count). The van der Waals surface area contributed by atoms with E-state index in [4.69, 9.17) is 16.3 Å². The predicted octanol–water partition coefficient (Wildman–Crippen LogP) is 6.29. The van der Waals surface area contributed by atoms with Crippen molar-refractivity contribution in [3.63, 3.8) is 0 Å². The van der Waals surface area contributed by atoms with Crippen molar-refractivity contribution in [2.75, 3.05) is 5.32 Å². The number of ether oxygens (including phenoxy) is 1. The zero-order valence-corrected chi connectivity index (χ0v) is 15.1. The van der Waals surface area contributed by atoms with Gasteiger partial charge >= 0.3 is 0 Å². The van der Waals surface area contributed by atoms with E-state index in [1.54, 1.807) is 42.5 Å². The van der Waals surface area contributed by atoms with Gasteiger partial charge in [0.25, 0.3) is 5.91 Å². The monoisotopic (exact) mass is 419 g/mol. The molecule has 1 amide bonds. The highest BCUT2D eigenvalue weighted by molar-refractivity contribution is 9.10. The molecule has 0 aliphatic rings. The molecule has 0 spiro atoms. The molecule has 0 radical (unpaired) electrons. The van der Waals surface area contributed by atoms with E-state index in [0.717, 1.165) is 0 Å². The van der Waals surface area contributed by atoms with Crippen LogP contribution in [0.3, 0.4) is 0 Å². The molecule has 25 heavy (non-hydrogen) atoms. The molecule has 0 bridgehead atoms. The Bertz CT molecular complexity index is 916. The van der Waals surface area contributed by atoms with Crippen molar-refractivity contribution in [2.45, 2.75) is 0 Å². The summed E-state index contributed by atoms with van der Waals surface area (Å²) in [4.78, 5) is 12.2. The second-order valence-electron chi connectivity index (χ2n) is 5.17. The van der Waals surface area contributed by atoms with Gasteiger partial charge in [0.05, 0.1) is 4.47 Å². The Balaban J connectivity index is 1.73. The van der Waals surface area contributed by atoms with Crippen LogP contribution >= 0.6 is 27.5 Å². The summed E-state index contributed by atoms with van der Waals surface area (Å²) >= 11 is 9.30. The molecule has 0 atom stereocenters. The average molecular weight is 421 g/mol. The lowest BCUT2D eigenvalue weighted by Crippen LogP contribution is -2.11. The molecule has 0 aliphatic carbocycles. The molecule has 0 fully saturated rings. The molecule has 3 nitrogen and oxygen atoms in total. The smallest absolute Gasteiger partial charge is 0.255 e. The van der Waals surface area contributed by atoms with Crippen LogP contribution in [0.2, 0.25) is 5.02 Å². The van der Waals surface area contributed by atoms with E-state index in [0.29, 0.717) is 32.2 Å². The van der Waals surface area contributed by atoms with Gasteiger partial charge in [-0.1, -0.05) is 17.7 Å². The first kappa shape index (κ1) is 17.5. The SMILES string of the molecule is O=C(Nc1ccc(Oc2ccc(F)cc2)c(Br)c1)c1cccc(Cl)c1. The number of nitrogens with one attached hydrogen (secondary N) is 1. The van der Waals surface area contributed by atoms with E-state index in [9.17, 15) is 9.18 Å². The van der Waals surface area contributed by atoms with Crippen LogP contribution < -0.4 is 10.1 Å². The summed E-state index contributed by atoms with van der Waals surface area (Å²) in [6, 6.07) is 17.6. The second-order valence-corrected chi connectivity index (χ2v) is 6.46. The summed E-state index contributed by atoms with van der Waals surface area (Å²) in [5.74, 6) is 0.470. The maximum absolute atomic E-state index is 12.9. The number of hydrogen-bond acceptors (Lipinski definition) is 2. The van der Waals surface area contributed by atoms with E-state index in [-0.39, 0.29) is 11.7 Å². The molecule has 0 unspecified atom stereocenters. The fourth-order valence-electron chi connectivity index (χ4n) is 2.12. The van der Waals surface area contributed by atoms with Crippen LogP contribution in [-0.4, -0.2) is 5.91 Å². The minimum Gasteiger partial charge on any atom is -0.456 e. The molecule has 0 heterocycles. The Morgan fingerprint density at radius 1 is 1.04 bits per heavy atom. The molecule has 126 valence electrons. The van der Waals surface area contributed by atoms with E-state index >= 15 is 0 Å². The number of halogens is 3. The Morgan fingerprint density at radius 2 is 1.80 bits per heavy atom. The lowest BCUT2D eigenvalue weighted by molar-refractivity contribution is 0.102. The van der Waals surface area contributed by atoms with Crippen molar-refractivity contribution in [1.29, 1.82) is 0 Å². The van der Waals surface area contributed by atoms with E-state index in [1.165, 1.54) is 24.3 Å². The van der Waals surface area contributed by atoms with Gasteiger partial charge in [-0.15, -0.1) is 0 Å². The third-order valence-electron chi connectivity index (χ3n) is 3.32. The summed E-state index contributed by atoms with van der Waals surface area (Å²) < 4.78 is 19.3. The molecule has 3 aromatic rings. The third kappa shape index (κ3) is 4.59. The molecule has 0 saturated carbocycles. The van der Waals surface area contributed by atoms with Crippen molar-refractivity contribution in [1.82, 2.24) is 0 Å². The zero-order valence-electron chi connectivity index (χ0n) is 12.8. The van der Waals surface area contributed by atoms with Crippen LogP contribution in [0.1, 0.15) is 10.4 Å². The van der Waals surface area contributed by atoms with Crippen LogP contribution in [0.4, 0.5) is 10.1 Å². The lowest BCUT2D eigenvalue weighted by Gasteiger charge is -2.10. The van der Waals surface area contributed by atoms with Gasteiger partial charge in [0, 0.05) is 16.3 Å². The van der Waals surface area contributed by atoms with Crippen LogP contribution in [0.5, 0.6) is 11.5 Å². The van der Waals surface area contributed by atoms with E-state index < -0.39 is 0 Å². The number of anilines is 1. The Morgan fingerprint density at radius 3 is 2.48 bits per heavy atom. The number of carbonyl (C=O) groups is 1. The number of hydrogen-bond donors (Lipinski definition) is 1. The standard InChI is InChI=1S/C19H12BrClFNO2/c20-17-11-15(23-19(24)12-2-1-3-13(21)10-12)6-9-18(17)25-16-7-4-14(22)5-8-16/h1-11H,(H,23,24). The summed E-state index contributed by atoms with van der Waals surface area (Å²) in [5.41, 5.74) is 1.07. The molecule has 3 aromatic carbocycles. The van der Waals surface area contributed by atoms with Gasteiger partial charge in [-0.2, -0.15) is 0 Å². The summed E-state index contributed by atoms with van der Waals surface area (Å²) in [6.07, 6.45) is 0. The van der Waals surface area contributed by atoms with Gasteiger partial charge in [0.1, 0.15) is 17.3 Å². The third-order valence-corrected chi connectivity index (χ3v) is 4.17. The van der Waals surface area contributed by atoms with E-state index in [1.807, 2.05) is 0 Å². The van der Waals surface area contributed by atoms with Crippen molar-refractivity contribution in [3.05, 3.63) is 87.6 Å². The number of rotatable bonds is 4. The van der Waals surface area contributed by atoms with Crippen molar-refractivity contribution in [2.24, 2.45) is 0 Å². The molecular weight excluding hydrogens is 409 g/mol. The largest absolute Gasteiger partial charge is 0.456 e. The highest BCUT2D eigenvalue weighted by Crippen LogP contribution is 2.32. The number of amides is 1. The topological polar surface area (TPSA) is 38.3 Å². The minimum absolute atomic E-state index is 0.262. The Kier molecular flexibility index (Phi) is 5.36. The van der Waals surface area contributed by atoms with Gasteiger partial charge in [-0.25, -0.2) is 4.39 Å². The summed E-state index contributed by atoms with van der Waals surface area (Å²) in [7, 11) is 0. The maximum Gasteiger partial charge on any atom is 0.255 e. The molecule has 1 N–H and O–H groups in total. The van der Waals surface area contributed by atoms with Crippen LogP contribution in [0.25, 0.3) is 0 Å². The summed E-state index contributed by atoms with van der Waals surface area (Å²) in [6.45, 7) is 0. The van der Waals surface area contributed by atoms with Gasteiger partial charge in [0.2, 0.25) is 0 Å². The van der Waals surface area contributed by atoms with Gasteiger partial charge in [-0.3, -0.25) is 4.79 Å². The maximum atomic E-state index is 12.9. The fourth-order valence-corrected chi connectivity index (χ4v) is 2.77. The zero-order chi connectivity index (χ0) is 17.8. The van der Waals surface area contributed by atoms with Crippen LogP contribution in [0.15, 0.2) is 71.2 Å². The quantitative estimate of drug-likeness (QED) is 0.539. The fraction of sp³-hybridized carbons (Fsp3) is 0. The van der Waals surface area contributed by atoms with Gasteiger partial charge in [0.15, 0.2) is 0 Å². The van der Waals surface area contributed by atoms with Crippen molar-refractivity contribution < 1.29 is 13.9 Å². The molecule has 0 aliphatic heterocycles. The number of benzene rings is 3. The molecule has 6 heteroatoms. The minimum atomic E-state index is -0.328. The number of carbonyl (C=O) groups excluding carboxylic acids is 1. The molecule has 0 saturated heterocycles. The lowest BCUT2D eigenvalue weighted by atomic mass is 10.2. The normalized spacial score (nSPS) is 10.4. The van der Waals surface area contributed by atoms with Crippen LogP contribution in [0, 0.1) is 5.82 Å². The van der Waals surface area contributed by atoms with E-state index in [2.05, 4.69) is 21.2 Å². The van der Waals surface area contributed by atoms with Crippen LogP contribution in [-0.2, 0) is 0 Å². The molecular formula is C19H12BrClFNO2. The van der Waals surface area contributed by atoms with Crippen molar-refractivity contribution in [3.8, 4) is 11.5 Å².